The van der Waals surface area contributed by atoms with Crippen LogP contribution < -0.4 is 0 Å². The van der Waals surface area contributed by atoms with Crippen molar-refractivity contribution in [1.29, 1.82) is 0 Å². The molecule has 0 fully saturated rings. The number of nitro groups is 1. The van der Waals surface area contributed by atoms with Crippen LogP contribution in [-0.4, -0.2) is 19.6 Å². The second-order valence-corrected chi connectivity index (χ2v) is 3.58. The van der Waals surface area contributed by atoms with Crippen molar-refractivity contribution in [3.63, 3.8) is 0 Å². The molecule has 1 aromatic heterocycles. The highest BCUT2D eigenvalue weighted by Gasteiger charge is 2.16. The van der Waals surface area contributed by atoms with Gasteiger partial charge in [-0.1, -0.05) is 6.07 Å². The summed E-state index contributed by atoms with van der Waals surface area (Å²) in [7, 11) is 0. The monoisotopic (exact) mass is 233 g/mol. The number of imidazole rings is 1. The molecule has 6 nitrogen and oxygen atoms in total. The van der Waals surface area contributed by atoms with E-state index in [2.05, 4.69) is 4.98 Å². The van der Waals surface area contributed by atoms with E-state index in [0.29, 0.717) is 17.1 Å². The van der Waals surface area contributed by atoms with Gasteiger partial charge >= 0.3 is 0 Å². The van der Waals surface area contributed by atoms with Gasteiger partial charge in [-0.25, -0.2) is 4.98 Å². The van der Waals surface area contributed by atoms with Gasteiger partial charge in [0.05, 0.1) is 11.5 Å². The Morgan fingerprint density at radius 3 is 2.82 bits per heavy atom. The Morgan fingerprint density at radius 2 is 2.29 bits per heavy atom. The van der Waals surface area contributed by atoms with Crippen LogP contribution in [0.1, 0.15) is 11.4 Å². The average molecular weight is 233 g/mol. The van der Waals surface area contributed by atoms with Crippen LogP contribution in [0.25, 0.3) is 5.69 Å². The van der Waals surface area contributed by atoms with Crippen LogP contribution in [0.15, 0.2) is 30.6 Å². The third-order valence-corrected chi connectivity index (χ3v) is 2.50. The summed E-state index contributed by atoms with van der Waals surface area (Å²) in [6.07, 6.45) is 3.25. The fourth-order valence-electron chi connectivity index (χ4n) is 1.65. The van der Waals surface area contributed by atoms with Crippen LogP contribution >= 0.6 is 0 Å². The van der Waals surface area contributed by atoms with Crippen LogP contribution in [0.4, 0.5) is 5.69 Å². The van der Waals surface area contributed by atoms with E-state index in [1.165, 1.54) is 6.07 Å². The molecule has 1 aromatic carbocycles. The summed E-state index contributed by atoms with van der Waals surface area (Å²) in [5.74, 6) is 0.671. The number of aromatic nitrogens is 2. The van der Waals surface area contributed by atoms with Gasteiger partial charge in [0, 0.05) is 18.5 Å². The number of benzene rings is 1. The molecule has 0 saturated heterocycles. The lowest BCUT2D eigenvalue weighted by Crippen LogP contribution is -2.02. The molecule has 88 valence electrons. The van der Waals surface area contributed by atoms with E-state index in [1.54, 1.807) is 36.0 Å². The summed E-state index contributed by atoms with van der Waals surface area (Å²) in [5, 5.41) is 20.0. The van der Waals surface area contributed by atoms with E-state index < -0.39 is 4.92 Å². The zero-order valence-corrected chi connectivity index (χ0v) is 9.20. The maximum absolute atomic E-state index is 11.0. The molecular formula is C11H11N3O3. The zero-order valence-electron chi connectivity index (χ0n) is 9.20. The average Bonchev–Trinajstić information content (AvgIpc) is 2.74. The van der Waals surface area contributed by atoms with Crippen LogP contribution in [-0.2, 0) is 6.61 Å². The molecule has 0 amide bonds. The molecular weight excluding hydrogens is 222 g/mol. The maximum atomic E-state index is 11.0. The van der Waals surface area contributed by atoms with Gasteiger partial charge < -0.3 is 5.11 Å². The molecule has 0 radical (unpaired) electrons. The Bertz CT molecular complexity index is 563. The predicted octanol–water partition coefficient (Wildman–Crippen LogP) is 1.58. The van der Waals surface area contributed by atoms with Crippen molar-refractivity contribution >= 4 is 5.69 Å². The third-order valence-electron chi connectivity index (χ3n) is 2.50. The van der Waals surface area contributed by atoms with Crippen LogP contribution in [0, 0.1) is 17.0 Å². The van der Waals surface area contributed by atoms with E-state index in [9.17, 15) is 10.1 Å². The zero-order chi connectivity index (χ0) is 12.4. The van der Waals surface area contributed by atoms with Crippen LogP contribution in [0.5, 0.6) is 0 Å². The SMILES string of the molecule is Cc1nccn1-c1ccc(CO)cc1[N+](=O)[O-]. The van der Waals surface area contributed by atoms with Crippen molar-refractivity contribution in [1.82, 2.24) is 9.55 Å². The quantitative estimate of drug-likeness (QED) is 0.644. The molecule has 0 atom stereocenters. The molecule has 1 heterocycles. The first kappa shape index (κ1) is 11.3. The van der Waals surface area contributed by atoms with Gasteiger partial charge in [-0.3, -0.25) is 14.7 Å². The molecule has 0 aliphatic carbocycles. The summed E-state index contributed by atoms with van der Waals surface area (Å²) in [4.78, 5) is 14.5. The van der Waals surface area contributed by atoms with E-state index in [1.807, 2.05) is 0 Å². The molecule has 17 heavy (non-hydrogen) atoms. The Balaban J connectivity index is 2.62. The summed E-state index contributed by atoms with van der Waals surface area (Å²) in [6.45, 7) is 1.55. The molecule has 2 aromatic rings. The normalized spacial score (nSPS) is 10.5. The molecule has 6 heteroatoms. The Hall–Kier alpha value is -2.21. The van der Waals surface area contributed by atoms with Crippen molar-refractivity contribution in [3.05, 3.63) is 52.1 Å². The summed E-state index contributed by atoms with van der Waals surface area (Å²) < 4.78 is 1.64. The number of hydrogen-bond donors (Lipinski definition) is 1. The summed E-state index contributed by atoms with van der Waals surface area (Å²) >= 11 is 0. The number of rotatable bonds is 3. The van der Waals surface area contributed by atoms with Crippen molar-refractivity contribution < 1.29 is 10.0 Å². The van der Waals surface area contributed by atoms with Crippen molar-refractivity contribution in [2.24, 2.45) is 0 Å². The molecule has 1 N–H and O–H groups in total. The highest BCUT2D eigenvalue weighted by Crippen LogP contribution is 2.25. The maximum Gasteiger partial charge on any atom is 0.293 e. The van der Waals surface area contributed by atoms with Gasteiger partial charge in [-0.05, 0) is 18.6 Å². The molecule has 2 rings (SSSR count). The van der Waals surface area contributed by atoms with Crippen LogP contribution in [0.3, 0.4) is 0 Å². The Labute approximate surface area is 97.3 Å². The van der Waals surface area contributed by atoms with Gasteiger partial charge in [-0.2, -0.15) is 0 Å². The predicted molar refractivity (Wildman–Crippen MR) is 60.9 cm³/mol. The van der Waals surface area contributed by atoms with Crippen molar-refractivity contribution in [2.75, 3.05) is 0 Å². The minimum absolute atomic E-state index is 0.0438. The number of nitro benzene ring substituents is 1. The lowest BCUT2D eigenvalue weighted by atomic mass is 10.2. The van der Waals surface area contributed by atoms with Gasteiger partial charge in [-0.15, -0.1) is 0 Å². The van der Waals surface area contributed by atoms with E-state index in [4.69, 9.17) is 5.11 Å². The minimum atomic E-state index is -0.464. The highest BCUT2D eigenvalue weighted by atomic mass is 16.6. The number of nitrogens with zero attached hydrogens (tertiary/aromatic N) is 3. The van der Waals surface area contributed by atoms with Crippen LogP contribution in [0.2, 0.25) is 0 Å². The lowest BCUT2D eigenvalue weighted by Gasteiger charge is -2.07. The number of aryl methyl sites for hydroxylation is 1. The van der Waals surface area contributed by atoms with Crippen molar-refractivity contribution in [2.45, 2.75) is 13.5 Å². The summed E-state index contributed by atoms with van der Waals surface area (Å²) in [6, 6.07) is 4.63. The van der Waals surface area contributed by atoms with Crippen molar-refractivity contribution in [3.8, 4) is 5.69 Å². The fourth-order valence-corrected chi connectivity index (χ4v) is 1.65. The third kappa shape index (κ3) is 2.02. The lowest BCUT2D eigenvalue weighted by molar-refractivity contribution is -0.384. The van der Waals surface area contributed by atoms with Gasteiger partial charge in [0.2, 0.25) is 0 Å². The first-order valence-corrected chi connectivity index (χ1v) is 5.02. The smallest absolute Gasteiger partial charge is 0.293 e. The minimum Gasteiger partial charge on any atom is -0.392 e. The number of aliphatic hydroxyl groups is 1. The standard InChI is InChI=1S/C11H11N3O3/c1-8-12-4-5-13(8)10-3-2-9(7-15)6-11(10)14(16)17/h2-6,15H,7H2,1H3. The first-order chi connectivity index (χ1) is 8.13. The first-order valence-electron chi connectivity index (χ1n) is 5.02. The Kier molecular flexibility index (Phi) is 2.88. The van der Waals surface area contributed by atoms with E-state index >= 15 is 0 Å². The molecule has 0 spiro atoms. The van der Waals surface area contributed by atoms with E-state index in [0.717, 1.165) is 0 Å². The number of hydrogen-bond acceptors (Lipinski definition) is 4. The molecule has 0 aliphatic heterocycles. The van der Waals surface area contributed by atoms with Gasteiger partial charge in [0.1, 0.15) is 11.5 Å². The Morgan fingerprint density at radius 1 is 1.53 bits per heavy atom. The molecule has 0 unspecified atom stereocenters. The number of aliphatic hydroxyl groups excluding tert-OH is 1. The van der Waals surface area contributed by atoms with E-state index in [-0.39, 0.29) is 12.3 Å². The topological polar surface area (TPSA) is 81.2 Å². The van der Waals surface area contributed by atoms with Gasteiger partial charge in [0.25, 0.3) is 5.69 Å². The van der Waals surface area contributed by atoms with Gasteiger partial charge in [0.15, 0.2) is 0 Å². The highest BCUT2D eigenvalue weighted by molar-refractivity contribution is 5.54. The summed E-state index contributed by atoms with van der Waals surface area (Å²) in [5.41, 5.74) is 0.915. The second kappa shape index (κ2) is 4.34. The molecule has 0 saturated carbocycles. The molecule has 0 bridgehead atoms. The largest absolute Gasteiger partial charge is 0.392 e. The second-order valence-electron chi connectivity index (χ2n) is 3.58. The molecule has 0 aliphatic rings. The fraction of sp³-hybridized carbons (Fsp3) is 0.182.